The van der Waals surface area contributed by atoms with Crippen molar-refractivity contribution in [3.63, 3.8) is 0 Å². The van der Waals surface area contributed by atoms with Gasteiger partial charge in [0.15, 0.2) is 0 Å². The minimum Gasteiger partial charge on any atom is -0.377 e. The van der Waals surface area contributed by atoms with E-state index in [0.717, 1.165) is 32.2 Å². The number of nitrogens with two attached hydrogens (primary N) is 1. The van der Waals surface area contributed by atoms with Gasteiger partial charge in [-0.15, -0.1) is 0 Å². The zero-order chi connectivity index (χ0) is 13.1. The van der Waals surface area contributed by atoms with Crippen LogP contribution >= 0.6 is 0 Å². The first-order valence-electron chi connectivity index (χ1n) is 7.23. The van der Waals surface area contributed by atoms with Crippen LogP contribution in [-0.2, 0) is 9.53 Å². The van der Waals surface area contributed by atoms with Gasteiger partial charge >= 0.3 is 0 Å². The van der Waals surface area contributed by atoms with Crippen molar-refractivity contribution in [3.05, 3.63) is 0 Å². The number of rotatable bonds is 2. The molecule has 104 valence electrons. The van der Waals surface area contributed by atoms with E-state index < -0.39 is 0 Å². The summed E-state index contributed by atoms with van der Waals surface area (Å²) in [5, 5.41) is 0. The second-order valence-corrected chi connectivity index (χ2v) is 6.03. The molecule has 1 saturated carbocycles. The molecule has 1 atom stereocenters. The van der Waals surface area contributed by atoms with Crippen molar-refractivity contribution in [1.82, 2.24) is 4.90 Å². The molecule has 0 spiro atoms. The van der Waals surface area contributed by atoms with Gasteiger partial charge in [-0.05, 0) is 31.6 Å². The third-order valence-corrected chi connectivity index (χ3v) is 4.34. The summed E-state index contributed by atoms with van der Waals surface area (Å²) in [7, 11) is 0. The van der Waals surface area contributed by atoms with Crippen LogP contribution in [0.25, 0.3) is 0 Å². The van der Waals surface area contributed by atoms with E-state index in [-0.39, 0.29) is 12.0 Å². The van der Waals surface area contributed by atoms with E-state index >= 15 is 0 Å². The third-order valence-electron chi connectivity index (χ3n) is 4.34. The fourth-order valence-corrected chi connectivity index (χ4v) is 3.05. The van der Waals surface area contributed by atoms with Crippen LogP contribution in [0.1, 0.15) is 39.5 Å². The van der Waals surface area contributed by atoms with Crippen LogP contribution in [0.4, 0.5) is 0 Å². The van der Waals surface area contributed by atoms with Gasteiger partial charge in [-0.1, -0.05) is 13.8 Å². The first-order chi connectivity index (χ1) is 8.59. The lowest BCUT2D eigenvalue weighted by atomic mass is 9.85. The Hall–Kier alpha value is -0.610. The van der Waals surface area contributed by atoms with E-state index in [1.165, 1.54) is 0 Å². The van der Waals surface area contributed by atoms with Gasteiger partial charge in [-0.3, -0.25) is 4.79 Å². The molecule has 0 aromatic carbocycles. The highest BCUT2D eigenvalue weighted by atomic mass is 16.5. The van der Waals surface area contributed by atoms with E-state index in [4.69, 9.17) is 10.5 Å². The van der Waals surface area contributed by atoms with Gasteiger partial charge in [0.05, 0.1) is 19.3 Å². The molecular weight excluding hydrogens is 228 g/mol. The highest BCUT2D eigenvalue weighted by Crippen LogP contribution is 2.27. The van der Waals surface area contributed by atoms with Crippen LogP contribution in [0.3, 0.4) is 0 Å². The predicted molar refractivity (Wildman–Crippen MR) is 71.1 cm³/mol. The molecule has 0 unspecified atom stereocenters. The number of ether oxygens (including phenoxy) is 1. The number of carbonyl (C=O) groups excluding carboxylic acids is 1. The van der Waals surface area contributed by atoms with Crippen LogP contribution in [0.5, 0.6) is 0 Å². The molecule has 1 aliphatic carbocycles. The smallest absolute Gasteiger partial charge is 0.226 e. The highest BCUT2D eigenvalue weighted by molar-refractivity contribution is 5.79. The lowest BCUT2D eigenvalue weighted by Crippen LogP contribution is -2.53. The topological polar surface area (TPSA) is 55.6 Å². The molecule has 1 saturated heterocycles. The van der Waals surface area contributed by atoms with E-state index in [1.807, 2.05) is 0 Å². The van der Waals surface area contributed by atoms with E-state index in [2.05, 4.69) is 18.7 Å². The number of amides is 1. The first-order valence-corrected chi connectivity index (χ1v) is 7.23. The quantitative estimate of drug-likeness (QED) is 0.810. The normalized spacial score (nSPS) is 33.8. The Balaban J connectivity index is 1.97. The van der Waals surface area contributed by atoms with Gasteiger partial charge in [0, 0.05) is 18.5 Å². The summed E-state index contributed by atoms with van der Waals surface area (Å²) in [4.78, 5) is 14.7. The molecule has 2 rings (SSSR count). The Kier molecular flexibility index (Phi) is 4.62. The molecule has 0 bridgehead atoms. The van der Waals surface area contributed by atoms with Crippen molar-refractivity contribution < 1.29 is 9.53 Å². The first kappa shape index (κ1) is 13.8. The maximum Gasteiger partial charge on any atom is 0.226 e. The highest BCUT2D eigenvalue weighted by Gasteiger charge is 2.34. The largest absolute Gasteiger partial charge is 0.377 e. The summed E-state index contributed by atoms with van der Waals surface area (Å²) in [5.41, 5.74) is 5.91. The molecule has 2 N–H and O–H groups in total. The van der Waals surface area contributed by atoms with Crippen molar-refractivity contribution in [1.29, 1.82) is 0 Å². The number of nitrogens with zero attached hydrogens (tertiary/aromatic N) is 1. The SMILES string of the molecule is CC(C)[C@H]1COCCN1C(=O)C1CCC(N)CC1. The molecule has 1 aliphatic heterocycles. The summed E-state index contributed by atoms with van der Waals surface area (Å²) in [5.74, 6) is 0.994. The van der Waals surface area contributed by atoms with Gasteiger partial charge < -0.3 is 15.4 Å². The predicted octanol–water partition coefficient (Wildman–Crippen LogP) is 1.39. The van der Waals surface area contributed by atoms with Gasteiger partial charge in [0.1, 0.15) is 0 Å². The molecule has 18 heavy (non-hydrogen) atoms. The van der Waals surface area contributed by atoms with Gasteiger partial charge in [-0.25, -0.2) is 0 Å². The van der Waals surface area contributed by atoms with Gasteiger partial charge in [-0.2, -0.15) is 0 Å². The van der Waals surface area contributed by atoms with Crippen LogP contribution in [0.2, 0.25) is 0 Å². The fourth-order valence-electron chi connectivity index (χ4n) is 3.05. The lowest BCUT2D eigenvalue weighted by Gasteiger charge is -2.40. The van der Waals surface area contributed by atoms with E-state index in [1.54, 1.807) is 0 Å². The monoisotopic (exact) mass is 254 g/mol. The van der Waals surface area contributed by atoms with Crippen LogP contribution in [-0.4, -0.2) is 42.6 Å². The van der Waals surface area contributed by atoms with E-state index in [0.29, 0.717) is 31.1 Å². The zero-order valence-electron chi connectivity index (χ0n) is 11.6. The fraction of sp³-hybridized carbons (Fsp3) is 0.929. The summed E-state index contributed by atoms with van der Waals surface area (Å²) in [6, 6.07) is 0.557. The number of carbonyl (C=O) groups is 1. The number of hydrogen-bond donors (Lipinski definition) is 1. The van der Waals surface area contributed by atoms with Gasteiger partial charge in [0.2, 0.25) is 5.91 Å². The maximum atomic E-state index is 12.6. The standard InChI is InChI=1S/C14H26N2O2/c1-10(2)13-9-18-8-7-16(13)14(17)11-3-5-12(15)6-4-11/h10-13H,3-9,15H2,1-2H3/t11?,12?,13-/m1/s1. The van der Waals surface area contributed by atoms with Crippen molar-refractivity contribution in [2.45, 2.75) is 51.6 Å². The minimum absolute atomic E-state index is 0.198. The Bertz CT molecular complexity index is 286. The molecule has 0 aromatic heterocycles. The minimum atomic E-state index is 0.198. The molecule has 1 heterocycles. The Morgan fingerprint density at radius 3 is 2.56 bits per heavy atom. The Morgan fingerprint density at radius 1 is 1.28 bits per heavy atom. The molecule has 1 amide bonds. The Labute approximate surface area is 110 Å². The molecule has 4 heteroatoms. The van der Waals surface area contributed by atoms with Crippen molar-refractivity contribution >= 4 is 5.91 Å². The lowest BCUT2D eigenvalue weighted by molar-refractivity contribution is -0.147. The average molecular weight is 254 g/mol. The van der Waals surface area contributed by atoms with Crippen LogP contribution in [0.15, 0.2) is 0 Å². The second-order valence-electron chi connectivity index (χ2n) is 6.03. The van der Waals surface area contributed by atoms with E-state index in [9.17, 15) is 4.79 Å². The summed E-state index contributed by atoms with van der Waals surface area (Å²) in [6.45, 7) is 6.45. The zero-order valence-corrected chi connectivity index (χ0v) is 11.6. The van der Waals surface area contributed by atoms with Gasteiger partial charge in [0.25, 0.3) is 0 Å². The van der Waals surface area contributed by atoms with Crippen molar-refractivity contribution in [2.24, 2.45) is 17.6 Å². The summed E-state index contributed by atoms with van der Waals surface area (Å²) in [6.07, 6.45) is 3.91. The van der Waals surface area contributed by atoms with Crippen LogP contribution in [0, 0.1) is 11.8 Å². The second kappa shape index (κ2) is 6.02. The average Bonchev–Trinajstić information content (AvgIpc) is 2.39. The number of morpholine rings is 1. The molecular formula is C14H26N2O2. The molecule has 0 radical (unpaired) electrons. The molecule has 2 aliphatic rings. The summed E-state index contributed by atoms with van der Waals surface area (Å²) < 4.78 is 5.51. The molecule has 2 fully saturated rings. The molecule has 4 nitrogen and oxygen atoms in total. The van der Waals surface area contributed by atoms with Crippen molar-refractivity contribution in [3.8, 4) is 0 Å². The molecule has 0 aromatic rings. The Morgan fingerprint density at radius 2 is 1.94 bits per heavy atom. The summed E-state index contributed by atoms with van der Waals surface area (Å²) >= 11 is 0. The van der Waals surface area contributed by atoms with Crippen molar-refractivity contribution in [2.75, 3.05) is 19.8 Å². The third kappa shape index (κ3) is 3.04. The maximum absolute atomic E-state index is 12.6. The van der Waals surface area contributed by atoms with Crippen LogP contribution < -0.4 is 5.73 Å². The number of hydrogen-bond acceptors (Lipinski definition) is 3.